The van der Waals surface area contributed by atoms with Crippen LogP contribution >= 0.6 is 0 Å². The minimum Gasteiger partial charge on any atom is -0.396 e. The summed E-state index contributed by atoms with van der Waals surface area (Å²) in [6.07, 6.45) is 3.38. The Labute approximate surface area is 114 Å². The summed E-state index contributed by atoms with van der Waals surface area (Å²) in [5, 5.41) is 22.5. The van der Waals surface area contributed by atoms with Crippen molar-refractivity contribution in [3.63, 3.8) is 0 Å². The molecule has 1 aromatic heterocycles. The Balaban J connectivity index is 2.18. The third kappa shape index (κ3) is 2.85. The normalized spacial score (nSPS) is 21.6. The maximum atomic E-state index is 12.0. The highest BCUT2D eigenvalue weighted by Crippen LogP contribution is 2.25. The number of carbonyl (C=O) groups excluding carboxylic acids is 1. The number of nitrogens with zero attached hydrogens (tertiary/aromatic N) is 1. The Morgan fingerprint density at radius 2 is 2.30 bits per heavy atom. The topological polar surface area (TPSA) is 125 Å². The van der Waals surface area contributed by atoms with E-state index in [2.05, 4.69) is 10.3 Å². The van der Waals surface area contributed by atoms with Gasteiger partial charge in [-0.3, -0.25) is 19.7 Å². The summed E-state index contributed by atoms with van der Waals surface area (Å²) >= 11 is 0. The maximum absolute atomic E-state index is 12.0. The van der Waals surface area contributed by atoms with Gasteiger partial charge in [0.15, 0.2) is 0 Å². The maximum Gasteiger partial charge on any atom is 0.286 e. The van der Waals surface area contributed by atoms with Gasteiger partial charge >= 0.3 is 0 Å². The number of aliphatic hydroxyl groups is 1. The Morgan fingerprint density at radius 3 is 2.95 bits per heavy atom. The van der Waals surface area contributed by atoms with E-state index in [1.54, 1.807) is 0 Å². The molecule has 0 aliphatic heterocycles. The number of hydrogen-bond acceptors (Lipinski definition) is 5. The lowest BCUT2D eigenvalue weighted by atomic mass is 10.0. The summed E-state index contributed by atoms with van der Waals surface area (Å²) < 4.78 is 0. The average Bonchev–Trinajstić information content (AvgIpc) is 2.86. The molecule has 1 aliphatic carbocycles. The number of nitro groups is 1. The highest BCUT2D eigenvalue weighted by molar-refractivity contribution is 5.94. The summed E-state index contributed by atoms with van der Waals surface area (Å²) in [7, 11) is 0. The van der Waals surface area contributed by atoms with Crippen LogP contribution in [0, 0.1) is 16.0 Å². The van der Waals surface area contributed by atoms with Crippen molar-refractivity contribution in [2.24, 2.45) is 5.92 Å². The van der Waals surface area contributed by atoms with E-state index in [1.165, 1.54) is 0 Å². The first-order valence-electron chi connectivity index (χ1n) is 6.31. The SMILES string of the molecule is O=C(NC1CCCC1CO)c1cc([N+](=O)[O-])c[nH]c1=O. The zero-order valence-electron chi connectivity index (χ0n) is 10.7. The molecule has 0 spiro atoms. The molecule has 108 valence electrons. The van der Waals surface area contributed by atoms with Gasteiger partial charge in [-0.05, 0) is 12.8 Å². The number of carbonyl (C=O) groups is 1. The lowest BCUT2D eigenvalue weighted by Crippen LogP contribution is -2.40. The van der Waals surface area contributed by atoms with Crippen LogP contribution in [0.2, 0.25) is 0 Å². The minimum atomic E-state index is -0.682. The predicted molar refractivity (Wildman–Crippen MR) is 69.4 cm³/mol. The Bertz CT molecular complexity index is 583. The van der Waals surface area contributed by atoms with Crippen molar-refractivity contribution in [3.8, 4) is 0 Å². The first-order valence-corrected chi connectivity index (χ1v) is 6.31. The molecule has 1 aliphatic rings. The van der Waals surface area contributed by atoms with Crippen LogP contribution in [-0.2, 0) is 0 Å². The summed E-state index contributed by atoms with van der Waals surface area (Å²) in [6, 6.07) is 0.753. The smallest absolute Gasteiger partial charge is 0.286 e. The van der Waals surface area contributed by atoms with Crippen molar-refractivity contribution in [1.29, 1.82) is 0 Å². The number of aromatic nitrogens is 1. The van der Waals surface area contributed by atoms with Gasteiger partial charge in [0.05, 0.1) is 11.1 Å². The molecular formula is C12H15N3O5. The van der Waals surface area contributed by atoms with Gasteiger partial charge in [-0.25, -0.2) is 0 Å². The van der Waals surface area contributed by atoms with Crippen LogP contribution in [0.15, 0.2) is 17.1 Å². The van der Waals surface area contributed by atoms with Gasteiger partial charge in [0.1, 0.15) is 5.56 Å². The number of H-pyrrole nitrogens is 1. The van der Waals surface area contributed by atoms with E-state index in [9.17, 15) is 24.8 Å². The molecule has 0 bridgehead atoms. The second-order valence-electron chi connectivity index (χ2n) is 4.81. The number of aromatic amines is 1. The number of nitrogens with one attached hydrogen (secondary N) is 2. The molecule has 20 heavy (non-hydrogen) atoms. The number of rotatable bonds is 4. The number of pyridine rings is 1. The largest absolute Gasteiger partial charge is 0.396 e. The average molecular weight is 281 g/mol. The van der Waals surface area contributed by atoms with E-state index >= 15 is 0 Å². The molecule has 2 atom stereocenters. The van der Waals surface area contributed by atoms with E-state index in [0.717, 1.165) is 31.5 Å². The molecule has 0 radical (unpaired) electrons. The quantitative estimate of drug-likeness (QED) is 0.536. The van der Waals surface area contributed by atoms with Crippen LogP contribution in [0.4, 0.5) is 5.69 Å². The fourth-order valence-electron chi connectivity index (χ4n) is 2.44. The van der Waals surface area contributed by atoms with Gasteiger partial charge in [-0.2, -0.15) is 0 Å². The fourth-order valence-corrected chi connectivity index (χ4v) is 2.44. The van der Waals surface area contributed by atoms with E-state index in [0.29, 0.717) is 0 Å². The molecule has 1 aromatic rings. The van der Waals surface area contributed by atoms with Crippen LogP contribution in [0.3, 0.4) is 0 Å². The standard InChI is InChI=1S/C12H15N3O5/c16-6-7-2-1-3-10(7)14-12(18)9-4-8(15(19)20)5-13-11(9)17/h4-5,7,10,16H,1-3,6H2,(H,13,17)(H,14,18). The third-order valence-corrected chi connectivity index (χ3v) is 3.55. The first-order chi connectivity index (χ1) is 9.52. The minimum absolute atomic E-state index is 0.0308. The van der Waals surface area contributed by atoms with Crippen molar-refractivity contribution >= 4 is 11.6 Å². The molecule has 3 N–H and O–H groups in total. The van der Waals surface area contributed by atoms with Gasteiger partial charge < -0.3 is 15.4 Å². The Kier molecular flexibility index (Phi) is 4.14. The van der Waals surface area contributed by atoms with Crippen molar-refractivity contribution in [2.75, 3.05) is 6.61 Å². The van der Waals surface area contributed by atoms with Crippen LogP contribution in [-0.4, -0.2) is 33.6 Å². The lowest BCUT2D eigenvalue weighted by molar-refractivity contribution is -0.385. The van der Waals surface area contributed by atoms with Crippen LogP contribution in [0.5, 0.6) is 0 Å². The molecular weight excluding hydrogens is 266 g/mol. The molecule has 2 rings (SSSR count). The second kappa shape index (κ2) is 5.83. The predicted octanol–water partition coefficient (Wildman–Crippen LogP) is 0.174. The van der Waals surface area contributed by atoms with Gasteiger partial charge in [-0.15, -0.1) is 0 Å². The zero-order chi connectivity index (χ0) is 14.7. The van der Waals surface area contributed by atoms with Crippen molar-refractivity contribution in [1.82, 2.24) is 10.3 Å². The van der Waals surface area contributed by atoms with Crippen molar-refractivity contribution in [2.45, 2.75) is 25.3 Å². The fraction of sp³-hybridized carbons (Fsp3) is 0.500. The Morgan fingerprint density at radius 1 is 1.55 bits per heavy atom. The number of aliphatic hydroxyl groups excluding tert-OH is 1. The van der Waals surface area contributed by atoms with E-state index in [-0.39, 0.29) is 29.8 Å². The highest BCUT2D eigenvalue weighted by atomic mass is 16.6. The summed E-state index contributed by atoms with van der Waals surface area (Å²) in [4.78, 5) is 35.7. The molecule has 1 amide bonds. The molecule has 2 unspecified atom stereocenters. The molecule has 8 nitrogen and oxygen atoms in total. The second-order valence-corrected chi connectivity index (χ2v) is 4.81. The van der Waals surface area contributed by atoms with Gasteiger partial charge in [0.25, 0.3) is 17.2 Å². The van der Waals surface area contributed by atoms with Crippen molar-refractivity contribution in [3.05, 3.63) is 38.3 Å². The molecule has 1 heterocycles. The van der Waals surface area contributed by atoms with Crippen LogP contribution in [0.25, 0.3) is 0 Å². The van der Waals surface area contributed by atoms with E-state index in [1.807, 2.05) is 0 Å². The van der Waals surface area contributed by atoms with E-state index < -0.39 is 16.4 Å². The van der Waals surface area contributed by atoms with Crippen LogP contribution < -0.4 is 10.9 Å². The Hall–Kier alpha value is -2.22. The van der Waals surface area contributed by atoms with Gasteiger partial charge in [0, 0.05) is 24.6 Å². The molecule has 1 saturated carbocycles. The van der Waals surface area contributed by atoms with Crippen LogP contribution in [0.1, 0.15) is 29.6 Å². The summed E-state index contributed by atoms with van der Waals surface area (Å²) in [5.74, 6) is -0.683. The lowest BCUT2D eigenvalue weighted by Gasteiger charge is -2.18. The van der Waals surface area contributed by atoms with Crippen molar-refractivity contribution < 1.29 is 14.8 Å². The first kappa shape index (κ1) is 14.2. The number of amides is 1. The molecule has 0 aromatic carbocycles. The molecule has 1 fully saturated rings. The highest BCUT2D eigenvalue weighted by Gasteiger charge is 2.29. The monoisotopic (exact) mass is 281 g/mol. The van der Waals surface area contributed by atoms with Gasteiger partial charge in [0.2, 0.25) is 0 Å². The summed E-state index contributed by atoms with van der Waals surface area (Å²) in [6.45, 7) is -0.0315. The van der Waals surface area contributed by atoms with Gasteiger partial charge in [-0.1, -0.05) is 6.42 Å². The number of hydrogen-bond donors (Lipinski definition) is 3. The summed E-state index contributed by atoms with van der Waals surface area (Å²) in [5.41, 5.74) is -1.31. The molecule has 0 saturated heterocycles. The zero-order valence-corrected chi connectivity index (χ0v) is 10.7. The van der Waals surface area contributed by atoms with E-state index in [4.69, 9.17) is 0 Å². The third-order valence-electron chi connectivity index (χ3n) is 3.55. The molecule has 8 heteroatoms.